The number of aromatic nitrogens is 2. The van der Waals surface area contributed by atoms with Crippen LogP contribution in [0.25, 0.3) is 6.08 Å². The van der Waals surface area contributed by atoms with Gasteiger partial charge in [0, 0.05) is 44.5 Å². The van der Waals surface area contributed by atoms with Crippen molar-refractivity contribution in [1.82, 2.24) is 14.9 Å². The number of morpholine rings is 1. The van der Waals surface area contributed by atoms with Crippen LogP contribution < -0.4 is 4.90 Å². The molecule has 1 amide bonds. The minimum absolute atomic E-state index is 0.0331. The highest BCUT2D eigenvalue weighted by molar-refractivity contribution is 5.94. The number of aliphatic carboxylic acids is 1. The van der Waals surface area contributed by atoms with Gasteiger partial charge in [-0.2, -0.15) is 13.2 Å². The third kappa shape index (κ3) is 7.64. The van der Waals surface area contributed by atoms with E-state index in [0.717, 1.165) is 29.7 Å². The van der Waals surface area contributed by atoms with Crippen LogP contribution >= 0.6 is 0 Å². The summed E-state index contributed by atoms with van der Waals surface area (Å²) >= 11 is 0. The van der Waals surface area contributed by atoms with Gasteiger partial charge in [-0.15, -0.1) is 0 Å². The molecule has 0 bridgehead atoms. The van der Waals surface area contributed by atoms with E-state index in [0.29, 0.717) is 31.9 Å². The van der Waals surface area contributed by atoms with Gasteiger partial charge < -0.3 is 19.6 Å². The van der Waals surface area contributed by atoms with E-state index >= 15 is 0 Å². The first-order valence-corrected chi connectivity index (χ1v) is 12.3. The first-order valence-electron chi connectivity index (χ1n) is 12.3. The van der Waals surface area contributed by atoms with Crippen molar-refractivity contribution >= 4 is 23.8 Å². The van der Waals surface area contributed by atoms with Crippen LogP contribution in [0.3, 0.4) is 0 Å². The number of carboxylic acids is 1. The summed E-state index contributed by atoms with van der Waals surface area (Å²) in [6, 6.07) is 13.4. The molecule has 3 heterocycles. The molecule has 0 unspecified atom stereocenters. The van der Waals surface area contributed by atoms with Gasteiger partial charge in [0.1, 0.15) is 17.6 Å². The summed E-state index contributed by atoms with van der Waals surface area (Å²) < 4.78 is 43.8. The number of halogens is 3. The third-order valence-corrected chi connectivity index (χ3v) is 6.21. The lowest BCUT2D eigenvalue weighted by molar-refractivity contribution is -0.148. The molecule has 1 aliphatic rings. The van der Waals surface area contributed by atoms with Crippen molar-refractivity contribution in [3.05, 3.63) is 95.5 Å². The van der Waals surface area contributed by atoms with Crippen molar-refractivity contribution < 1.29 is 32.6 Å². The molecular weight excluding hydrogens is 513 g/mol. The average molecular weight is 541 g/mol. The highest BCUT2D eigenvalue weighted by atomic mass is 19.4. The quantitative estimate of drug-likeness (QED) is 0.409. The van der Waals surface area contributed by atoms with Crippen LogP contribution in [0.2, 0.25) is 0 Å². The van der Waals surface area contributed by atoms with Crippen molar-refractivity contribution in [2.75, 3.05) is 31.2 Å². The molecule has 1 aromatic carbocycles. The summed E-state index contributed by atoms with van der Waals surface area (Å²) in [5.74, 6) is -1.04. The van der Waals surface area contributed by atoms with Gasteiger partial charge in [-0.05, 0) is 34.9 Å². The summed E-state index contributed by atoms with van der Waals surface area (Å²) in [6.07, 6.45) is 0.549. The number of alkyl halides is 3. The fraction of sp³-hybridized carbons (Fsp3) is 0.286. The predicted octanol–water partition coefficient (Wildman–Crippen LogP) is 4.07. The molecule has 1 fully saturated rings. The molecule has 1 saturated heterocycles. The molecule has 1 N–H and O–H groups in total. The van der Waals surface area contributed by atoms with Crippen molar-refractivity contribution in [2.24, 2.45) is 0 Å². The maximum Gasteiger partial charge on any atom is 0.433 e. The van der Waals surface area contributed by atoms with Crippen LogP contribution in [-0.2, 0) is 33.5 Å². The second-order valence-corrected chi connectivity index (χ2v) is 8.94. The number of benzene rings is 1. The van der Waals surface area contributed by atoms with E-state index < -0.39 is 29.8 Å². The van der Waals surface area contributed by atoms with E-state index in [4.69, 9.17) is 4.74 Å². The predicted molar refractivity (Wildman–Crippen MR) is 138 cm³/mol. The molecule has 0 aliphatic carbocycles. The molecule has 39 heavy (non-hydrogen) atoms. The Morgan fingerprint density at radius 3 is 2.33 bits per heavy atom. The number of amides is 1. The second kappa shape index (κ2) is 12.5. The van der Waals surface area contributed by atoms with Crippen molar-refractivity contribution in [1.29, 1.82) is 0 Å². The highest BCUT2D eigenvalue weighted by Gasteiger charge is 2.32. The first kappa shape index (κ1) is 27.8. The lowest BCUT2D eigenvalue weighted by atomic mass is 10.0. The minimum atomic E-state index is -4.58. The number of hydrogen-bond donors (Lipinski definition) is 1. The maximum atomic E-state index is 13.3. The number of carbonyl (C=O) groups excluding carboxylic acids is 1. The summed E-state index contributed by atoms with van der Waals surface area (Å²) in [6.45, 7) is 2.59. The van der Waals surface area contributed by atoms with Gasteiger partial charge in [0.25, 0.3) is 0 Å². The van der Waals surface area contributed by atoms with E-state index in [1.807, 2.05) is 12.1 Å². The number of nitrogens with zero attached hydrogens (tertiary/aromatic N) is 4. The van der Waals surface area contributed by atoms with Crippen molar-refractivity contribution in [2.45, 2.75) is 25.2 Å². The van der Waals surface area contributed by atoms with Gasteiger partial charge in [-0.3, -0.25) is 9.78 Å². The molecule has 1 aliphatic heterocycles. The molecule has 11 heteroatoms. The normalized spacial score (nSPS) is 14.8. The fourth-order valence-corrected chi connectivity index (χ4v) is 4.13. The zero-order valence-corrected chi connectivity index (χ0v) is 20.9. The molecule has 1 atom stereocenters. The molecule has 2 aromatic heterocycles. The zero-order chi connectivity index (χ0) is 27.8. The van der Waals surface area contributed by atoms with E-state index in [-0.39, 0.29) is 18.5 Å². The van der Waals surface area contributed by atoms with E-state index in [1.54, 1.807) is 36.5 Å². The fourth-order valence-electron chi connectivity index (χ4n) is 4.13. The number of anilines is 1. The van der Waals surface area contributed by atoms with Gasteiger partial charge >= 0.3 is 12.1 Å². The largest absolute Gasteiger partial charge is 0.480 e. The second-order valence-electron chi connectivity index (χ2n) is 8.94. The lowest BCUT2D eigenvalue weighted by Gasteiger charge is -2.29. The Bertz CT molecular complexity index is 1280. The summed E-state index contributed by atoms with van der Waals surface area (Å²) in [5, 5.41) is 10.1. The Balaban J connectivity index is 1.57. The molecule has 0 spiro atoms. The number of carboxylic acid groups (broad SMARTS) is 1. The summed E-state index contributed by atoms with van der Waals surface area (Å²) in [7, 11) is 0. The standard InChI is InChI=1S/C28H27F3N4O4/c29-28(30,31)24-9-6-21(17-32-24)8-11-26(36)35(23(27(37)38)16-20-4-2-1-3-5-20)19-22-7-10-25(33-18-22)34-12-14-39-15-13-34/h1-11,17-18,23H,12-16,19H2,(H,37,38)/t23-/m0/s1. The van der Waals surface area contributed by atoms with Crippen LogP contribution in [0.5, 0.6) is 0 Å². The topological polar surface area (TPSA) is 95.9 Å². The molecule has 0 saturated carbocycles. The van der Waals surface area contributed by atoms with E-state index in [2.05, 4.69) is 14.9 Å². The number of rotatable bonds is 9. The zero-order valence-electron chi connectivity index (χ0n) is 20.9. The molecule has 3 aromatic rings. The Labute approximate surface area is 223 Å². The maximum absolute atomic E-state index is 13.3. The van der Waals surface area contributed by atoms with Gasteiger partial charge in [0.15, 0.2) is 0 Å². The molecular formula is C28H27F3N4O4. The molecule has 204 valence electrons. The summed E-state index contributed by atoms with van der Waals surface area (Å²) in [5.41, 5.74) is 0.584. The minimum Gasteiger partial charge on any atom is -0.480 e. The SMILES string of the molecule is O=C(O)[C@H](Cc1ccccc1)N(Cc1ccc(N2CCOCC2)nc1)C(=O)C=Cc1ccc(C(F)(F)F)nc1. The van der Waals surface area contributed by atoms with Gasteiger partial charge in [-0.1, -0.05) is 42.5 Å². The Kier molecular flexibility index (Phi) is 8.92. The van der Waals surface area contributed by atoms with Crippen LogP contribution in [0, 0.1) is 0 Å². The first-order chi connectivity index (χ1) is 18.7. The molecule has 0 radical (unpaired) electrons. The number of pyridine rings is 2. The Hall–Kier alpha value is -4.25. The van der Waals surface area contributed by atoms with Crippen molar-refractivity contribution in [3.8, 4) is 0 Å². The van der Waals surface area contributed by atoms with Gasteiger partial charge in [0.05, 0.1) is 13.2 Å². The Morgan fingerprint density at radius 1 is 1.00 bits per heavy atom. The smallest absolute Gasteiger partial charge is 0.433 e. The number of hydrogen-bond acceptors (Lipinski definition) is 6. The van der Waals surface area contributed by atoms with E-state index in [1.165, 1.54) is 17.0 Å². The Morgan fingerprint density at radius 2 is 1.74 bits per heavy atom. The van der Waals surface area contributed by atoms with Crippen LogP contribution in [0.15, 0.2) is 73.1 Å². The lowest BCUT2D eigenvalue weighted by Crippen LogP contribution is -2.45. The van der Waals surface area contributed by atoms with Crippen molar-refractivity contribution in [3.63, 3.8) is 0 Å². The molecule has 4 rings (SSSR count). The monoisotopic (exact) mass is 540 g/mol. The van der Waals surface area contributed by atoms with Gasteiger partial charge in [-0.25, -0.2) is 9.78 Å². The summed E-state index contributed by atoms with van der Waals surface area (Å²) in [4.78, 5) is 36.8. The van der Waals surface area contributed by atoms with Crippen LogP contribution in [-0.4, -0.2) is 64.2 Å². The number of carbonyl (C=O) groups is 2. The number of ether oxygens (including phenoxy) is 1. The van der Waals surface area contributed by atoms with Gasteiger partial charge in [0.2, 0.25) is 5.91 Å². The average Bonchev–Trinajstić information content (AvgIpc) is 2.94. The van der Waals surface area contributed by atoms with Crippen LogP contribution in [0.1, 0.15) is 22.4 Å². The highest BCUT2D eigenvalue weighted by Crippen LogP contribution is 2.27. The molecule has 8 nitrogen and oxygen atoms in total. The van der Waals surface area contributed by atoms with E-state index in [9.17, 15) is 27.9 Å². The third-order valence-electron chi connectivity index (χ3n) is 6.21. The van der Waals surface area contributed by atoms with Crippen LogP contribution in [0.4, 0.5) is 19.0 Å².